The molecule has 0 aromatic heterocycles. The molecule has 0 saturated carbocycles. The van der Waals surface area contributed by atoms with Gasteiger partial charge >= 0.3 is 0 Å². The molecule has 1 aromatic carbocycles. The molecule has 0 saturated heterocycles. The fourth-order valence-electron chi connectivity index (χ4n) is 1.49. The van der Waals surface area contributed by atoms with Crippen molar-refractivity contribution in [2.24, 2.45) is 0 Å². The molecule has 0 unspecified atom stereocenters. The lowest BCUT2D eigenvalue weighted by molar-refractivity contribution is 0.326. The average molecular weight is 273 g/mol. The summed E-state index contributed by atoms with van der Waals surface area (Å²) in [6, 6.07) is 10.4. The average Bonchev–Trinajstić information content (AvgIpc) is 2.35. The van der Waals surface area contributed by atoms with Gasteiger partial charge in [0.2, 0.25) is 0 Å². The minimum Gasteiger partial charge on any atom is -0.310 e. The molecule has 1 N–H and O–H groups in total. The van der Waals surface area contributed by atoms with E-state index in [2.05, 4.69) is 41.5 Å². The van der Waals surface area contributed by atoms with Crippen LogP contribution in [0.5, 0.6) is 0 Å². The minimum atomic E-state index is 0.629. The molecule has 1 aromatic rings. The van der Waals surface area contributed by atoms with Crippen LogP contribution in [0.1, 0.15) is 5.56 Å². The van der Waals surface area contributed by atoms with Gasteiger partial charge in [-0.05, 0) is 12.6 Å². The third-order valence-corrected chi connectivity index (χ3v) is 3.00. The Bertz CT molecular complexity index is 339. The van der Waals surface area contributed by atoms with Gasteiger partial charge in [0.15, 0.2) is 0 Å². The molecule has 0 aliphatic rings. The first-order chi connectivity index (χ1) is 8.22. The summed E-state index contributed by atoms with van der Waals surface area (Å²) in [5, 5.41) is 3.86. The van der Waals surface area contributed by atoms with Crippen molar-refractivity contribution in [2.45, 2.75) is 6.54 Å². The van der Waals surface area contributed by atoms with Gasteiger partial charge in [0, 0.05) is 36.7 Å². The molecule has 94 valence electrons. The predicted octanol–water partition coefficient (Wildman–Crippen LogP) is 3.03. The molecular formula is C13H18Cl2N2. The van der Waals surface area contributed by atoms with Gasteiger partial charge in [-0.3, -0.25) is 0 Å². The largest absolute Gasteiger partial charge is 0.310 e. The van der Waals surface area contributed by atoms with Crippen LogP contribution in [-0.2, 0) is 6.54 Å². The molecule has 0 heterocycles. The summed E-state index contributed by atoms with van der Waals surface area (Å²) in [5.74, 6) is 0. The zero-order valence-corrected chi connectivity index (χ0v) is 11.5. The molecule has 0 spiro atoms. The number of nitrogens with one attached hydrogen (secondary N) is 1. The van der Waals surface area contributed by atoms with Crippen LogP contribution in [0.4, 0.5) is 0 Å². The van der Waals surface area contributed by atoms with Gasteiger partial charge < -0.3 is 10.2 Å². The monoisotopic (exact) mass is 272 g/mol. The Morgan fingerprint density at radius 2 is 2.06 bits per heavy atom. The van der Waals surface area contributed by atoms with Crippen LogP contribution >= 0.6 is 23.2 Å². The highest BCUT2D eigenvalue weighted by Gasteiger charge is 1.99. The molecule has 17 heavy (non-hydrogen) atoms. The second-order valence-corrected chi connectivity index (χ2v) is 4.66. The lowest BCUT2D eigenvalue weighted by atomic mass is 10.2. The van der Waals surface area contributed by atoms with Gasteiger partial charge in [-0.25, -0.2) is 0 Å². The predicted molar refractivity (Wildman–Crippen MR) is 75.4 cm³/mol. The van der Waals surface area contributed by atoms with Crippen LogP contribution in [0.15, 0.2) is 40.9 Å². The molecular weight excluding hydrogens is 255 g/mol. The number of hydrogen-bond donors (Lipinski definition) is 1. The Morgan fingerprint density at radius 3 is 2.71 bits per heavy atom. The lowest BCUT2D eigenvalue weighted by Gasteiger charge is -2.16. The molecule has 4 heteroatoms. The quantitative estimate of drug-likeness (QED) is 0.768. The number of halogens is 2. The number of likely N-dealkylation sites (N-methyl/N-ethyl adjacent to an activating group) is 1. The zero-order valence-electron chi connectivity index (χ0n) is 10.00. The molecule has 0 amide bonds. The summed E-state index contributed by atoms with van der Waals surface area (Å²) in [5.41, 5.74) is 2.72. The molecule has 0 aliphatic heterocycles. The Balaban J connectivity index is 2.16. The van der Waals surface area contributed by atoms with Gasteiger partial charge in [0.1, 0.15) is 0 Å². The normalized spacial score (nSPS) is 12.1. The highest BCUT2D eigenvalue weighted by molar-refractivity contribution is 6.36. The van der Waals surface area contributed by atoms with Gasteiger partial charge in [-0.2, -0.15) is 0 Å². The number of rotatable bonds is 7. The highest BCUT2D eigenvalue weighted by Crippen LogP contribution is 2.02. The Morgan fingerprint density at radius 1 is 1.35 bits per heavy atom. The van der Waals surface area contributed by atoms with Crippen LogP contribution in [-0.4, -0.2) is 31.6 Å². The van der Waals surface area contributed by atoms with Crippen molar-refractivity contribution in [1.29, 1.82) is 0 Å². The van der Waals surface area contributed by atoms with E-state index in [1.54, 1.807) is 0 Å². The van der Waals surface area contributed by atoms with E-state index in [0.29, 0.717) is 11.6 Å². The van der Waals surface area contributed by atoms with Gasteiger partial charge in [0.05, 0.1) is 0 Å². The first kappa shape index (κ1) is 14.5. The van der Waals surface area contributed by atoms with Crippen molar-refractivity contribution in [3.8, 4) is 0 Å². The maximum Gasteiger partial charge on any atom is 0.0431 e. The molecule has 0 fully saturated rings. The topological polar surface area (TPSA) is 15.3 Å². The summed E-state index contributed by atoms with van der Waals surface area (Å²) in [7, 11) is 2.10. The molecule has 2 nitrogen and oxygen atoms in total. The summed E-state index contributed by atoms with van der Waals surface area (Å²) in [6.07, 6.45) is 0. The van der Waals surface area contributed by atoms with Crippen LogP contribution in [0.25, 0.3) is 0 Å². The van der Waals surface area contributed by atoms with Crippen LogP contribution in [0.3, 0.4) is 0 Å². The minimum absolute atomic E-state index is 0.629. The Kier molecular flexibility index (Phi) is 7.29. The third kappa shape index (κ3) is 6.69. The van der Waals surface area contributed by atoms with E-state index < -0.39 is 0 Å². The van der Waals surface area contributed by atoms with Gasteiger partial charge in [-0.15, -0.1) is 0 Å². The van der Waals surface area contributed by atoms with E-state index in [1.165, 1.54) is 11.1 Å². The van der Waals surface area contributed by atoms with Crippen molar-refractivity contribution in [3.63, 3.8) is 0 Å². The van der Waals surface area contributed by atoms with Crippen LogP contribution < -0.4 is 5.32 Å². The highest BCUT2D eigenvalue weighted by atomic mass is 35.5. The molecule has 0 aliphatic carbocycles. The molecule has 1 rings (SSSR count). The first-order valence-electron chi connectivity index (χ1n) is 5.60. The van der Waals surface area contributed by atoms with E-state index in [-0.39, 0.29) is 0 Å². The van der Waals surface area contributed by atoms with E-state index in [9.17, 15) is 0 Å². The van der Waals surface area contributed by atoms with E-state index in [4.69, 9.17) is 23.2 Å². The summed E-state index contributed by atoms with van der Waals surface area (Å²) in [4.78, 5) is 2.26. The van der Waals surface area contributed by atoms with Crippen molar-refractivity contribution >= 4 is 23.2 Å². The Labute approximate surface area is 113 Å². The second-order valence-electron chi connectivity index (χ2n) is 3.96. The summed E-state index contributed by atoms with van der Waals surface area (Å²) in [6.45, 7) is 3.46. The second kappa shape index (κ2) is 8.54. The number of benzene rings is 1. The third-order valence-electron chi connectivity index (χ3n) is 2.38. The fourth-order valence-corrected chi connectivity index (χ4v) is 1.66. The van der Waals surface area contributed by atoms with Gasteiger partial charge in [0.25, 0.3) is 0 Å². The lowest BCUT2D eigenvalue weighted by Crippen LogP contribution is -2.29. The maximum atomic E-state index is 5.76. The Hall–Kier alpha value is -0.540. The number of nitrogens with zero attached hydrogens (tertiary/aromatic N) is 1. The zero-order chi connectivity index (χ0) is 12.5. The summed E-state index contributed by atoms with van der Waals surface area (Å²) >= 11 is 11.2. The van der Waals surface area contributed by atoms with Crippen LogP contribution in [0.2, 0.25) is 0 Å². The van der Waals surface area contributed by atoms with E-state index in [1.807, 2.05) is 6.07 Å². The van der Waals surface area contributed by atoms with Crippen molar-refractivity contribution in [3.05, 3.63) is 46.5 Å². The maximum absolute atomic E-state index is 5.76. The molecule has 0 bridgehead atoms. The number of hydrogen-bond acceptors (Lipinski definition) is 2. The van der Waals surface area contributed by atoms with E-state index in [0.717, 1.165) is 19.6 Å². The smallest absolute Gasteiger partial charge is 0.0431 e. The van der Waals surface area contributed by atoms with E-state index >= 15 is 0 Å². The van der Waals surface area contributed by atoms with Crippen molar-refractivity contribution in [2.75, 3.05) is 26.7 Å². The van der Waals surface area contributed by atoms with Gasteiger partial charge in [-0.1, -0.05) is 53.5 Å². The standard InChI is InChI=1S/C13H18Cl2N2/c1-17(8-7-16-10-13(15)9-14)11-12-5-3-2-4-6-12/h2-6,9,16H,7-8,10-11H2,1H3/b13-9-. The molecule has 0 atom stereocenters. The fraction of sp³-hybridized carbons (Fsp3) is 0.385. The van der Waals surface area contributed by atoms with Crippen molar-refractivity contribution < 1.29 is 0 Å². The first-order valence-corrected chi connectivity index (χ1v) is 6.41. The summed E-state index contributed by atoms with van der Waals surface area (Å²) < 4.78 is 0. The van der Waals surface area contributed by atoms with Crippen molar-refractivity contribution in [1.82, 2.24) is 10.2 Å². The molecule has 0 radical (unpaired) electrons. The van der Waals surface area contributed by atoms with Crippen LogP contribution in [0, 0.1) is 0 Å². The SMILES string of the molecule is CN(CCNC/C(Cl)=C/Cl)Cc1ccccc1.